The van der Waals surface area contributed by atoms with E-state index < -0.39 is 11.9 Å². The Balaban J connectivity index is 0.000000213. The molecular formula is C53H60F2N12O6. The summed E-state index contributed by atoms with van der Waals surface area (Å²) in [6.07, 6.45) is 13.5. The largest absolute Gasteiger partial charge is 0.400 e. The van der Waals surface area contributed by atoms with Gasteiger partial charge in [0.2, 0.25) is 11.8 Å². The monoisotopic (exact) mass is 998 g/mol. The number of aromatic nitrogens is 6. The fourth-order valence-electron chi connectivity index (χ4n) is 9.74. The second-order valence-electron chi connectivity index (χ2n) is 17.9. The molecule has 2 aliphatic heterocycles. The van der Waals surface area contributed by atoms with Crippen LogP contribution in [0.1, 0.15) is 83.4 Å². The molecule has 3 aromatic carbocycles. The molecular weight excluding hydrogens is 939 g/mol. The van der Waals surface area contributed by atoms with Crippen LogP contribution in [0.5, 0.6) is 0 Å². The van der Waals surface area contributed by atoms with Gasteiger partial charge >= 0.3 is 0 Å². The van der Waals surface area contributed by atoms with E-state index in [4.69, 9.17) is 16.6 Å². The summed E-state index contributed by atoms with van der Waals surface area (Å²) >= 11 is 0. The Morgan fingerprint density at radius 1 is 0.671 bits per heavy atom. The summed E-state index contributed by atoms with van der Waals surface area (Å²) < 4.78 is 29.9. The number of aliphatic hydroxyl groups is 1. The first kappa shape index (κ1) is 53.0. The van der Waals surface area contributed by atoms with Crippen LogP contribution in [0, 0.1) is 23.5 Å². The van der Waals surface area contributed by atoms with Crippen LogP contribution in [0.3, 0.4) is 0 Å². The minimum atomic E-state index is -0.601. The Hall–Kier alpha value is -7.81. The molecule has 7 aromatic rings. The van der Waals surface area contributed by atoms with Gasteiger partial charge in [-0.25, -0.2) is 18.1 Å². The molecule has 6 heterocycles. The number of pyridine rings is 2. The number of fused-ring (bicyclic) bond motifs is 2. The minimum absolute atomic E-state index is 0.00336. The number of nitrogens with two attached hydrogens (primary N) is 2. The lowest BCUT2D eigenvalue weighted by atomic mass is 9.83. The molecule has 9 rings (SSSR count). The molecule has 0 saturated carbocycles. The fourth-order valence-corrected chi connectivity index (χ4v) is 9.74. The highest BCUT2D eigenvalue weighted by atomic mass is 19.1. The Morgan fingerprint density at radius 3 is 1.63 bits per heavy atom. The average molecular weight is 999 g/mol. The zero-order valence-corrected chi connectivity index (χ0v) is 40.8. The van der Waals surface area contributed by atoms with E-state index >= 15 is 0 Å². The number of Topliss-reactive ketones (excluding diaryl/α,β-unsaturated/α-hetero) is 1. The van der Waals surface area contributed by atoms with Gasteiger partial charge in [0.25, 0.3) is 11.8 Å². The highest BCUT2D eigenvalue weighted by Gasteiger charge is 2.37. The van der Waals surface area contributed by atoms with Gasteiger partial charge in [0.1, 0.15) is 11.6 Å². The number of benzene rings is 3. The number of carbonyl (C=O) groups is 5. The fraction of sp³-hybridized carbons (Fsp3) is 0.340. The maximum Gasteiger partial charge on any atom is 0.253 e. The summed E-state index contributed by atoms with van der Waals surface area (Å²) in [5.74, 6) is -1.96. The van der Waals surface area contributed by atoms with Crippen LogP contribution in [0.15, 0.2) is 116 Å². The highest BCUT2D eigenvalue weighted by Crippen LogP contribution is 2.29. The molecule has 4 amide bonds. The molecule has 4 unspecified atom stereocenters. The molecule has 8 N–H and O–H groups in total. The Labute approximate surface area is 420 Å². The summed E-state index contributed by atoms with van der Waals surface area (Å²) in [6, 6.07) is 19.6. The number of halogens is 2. The number of ketones is 1. The molecule has 20 heteroatoms. The van der Waals surface area contributed by atoms with Crippen molar-refractivity contribution in [2.75, 3.05) is 26.7 Å². The number of nitrogens with zero attached hydrogens (tertiary/aromatic N) is 7. The molecule has 18 nitrogen and oxygen atoms in total. The lowest BCUT2D eigenvalue weighted by molar-refractivity contribution is -0.125. The quantitative estimate of drug-likeness (QED) is 0.0739. The van der Waals surface area contributed by atoms with E-state index in [0.29, 0.717) is 88.6 Å². The molecule has 382 valence electrons. The molecule has 0 spiro atoms. The third-order valence-corrected chi connectivity index (χ3v) is 13.6. The van der Waals surface area contributed by atoms with Gasteiger partial charge in [-0.3, -0.25) is 38.8 Å². The van der Waals surface area contributed by atoms with Crippen molar-refractivity contribution in [1.82, 2.24) is 50.4 Å². The second kappa shape index (κ2) is 24.5. The summed E-state index contributed by atoms with van der Waals surface area (Å²) in [5.41, 5.74) is 15.2. The van der Waals surface area contributed by atoms with E-state index in [1.54, 1.807) is 70.5 Å². The molecule has 73 heavy (non-hydrogen) atoms. The van der Waals surface area contributed by atoms with Crippen LogP contribution >= 0.6 is 0 Å². The van der Waals surface area contributed by atoms with Crippen LogP contribution in [0.25, 0.3) is 33.2 Å². The topological polar surface area (TPSA) is 258 Å². The van der Waals surface area contributed by atoms with Crippen LogP contribution < -0.4 is 27.4 Å². The smallest absolute Gasteiger partial charge is 0.253 e. The molecule has 0 aliphatic carbocycles. The van der Waals surface area contributed by atoms with Crippen molar-refractivity contribution in [1.29, 1.82) is 0 Å². The zero-order chi connectivity index (χ0) is 52.2. The van der Waals surface area contributed by atoms with Crippen molar-refractivity contribution >= 4 is 51.2 Å². The summed E-state index contributed by atoms with van der Waals surface area (Å²) in [4.78, 5) is 73.7. The second-order valence-corrected chi connectivity index (χ2v) is 17.9. The first-order valence-corrected chi connectivity index (χ1v) is 24.2. The van der Waals surface area contributed by atoms with Gasteiger partial charge < -0.3 is 32.5 Å². The van der Waals surface area contributed by atoms with E-state index in [9.17, 15) is 32.8 Å². The lowest BCUT2D eigenvalue weighted by Crippen LogP contribution is -2.54. The number of primary amides is 2. The maximum absolute atomic E-state index is 13.5. The number of hydrogen-bond acceptors (Lipinski definition) is 12. The number of rotatable bonds is 15. The number of aliphatic hydroxyl groups excluding tert-OH is 1. The van der Waals surface area contributed by atoms with Gasteiger partial charge in [-0.15, -0.1) is 0 Å². The van der Waals surface area contributed by atoms with Crippen LogP contribution in [0.4, 0.5) is 8.78 Å². The molecule has 4 aromatic heterocycles. The Kier molecular flexibility index (Phi) is 17.8. The van der Waals surface area contributed by atoms with Gasteiger partial charge in [0, 0.05) is 47.9 Å². The van der Waals surface area contributed by atoms with E-state index in [2.05, 4.69) is 36.1 Å². The lowest BCUT2D eigenvalue weighted by Gasteiger charge is -2.40. The Morgan fingerprint density at radius 2 is 1.16 bits per heavy atom. The first-order valence-electron chi connectivity index (χ1n) is 24.2. The van der Waals surface area contributed by atoms with Crippen LogP contribution in [0.2, 0.25) is 0 Å². The third-order valence-electron chi connectivity index (χ3n) is 13.6. The normalized spacial score (nSPS) is 18.5. The maximum atomic E-state index is 13.5. The number of likely N-dealkylation sites (tertiary alicyclic amines) is 1. The third kappa shape index (κ3) is 12.5. The molecule has 6 atom stereocenters. The number of piperidine rings is 2. The molecule has 2 aliphatic rings. The molecule has 2 saturated heterocycles. The van der Waals surface area contributed by atoms with Crippen molar-refractivity contribution in [3.63, 3.8) is 0 Å². The highest BCUT2D eigenvalue weighted by molar-refractivity contribution is 6.07. The van der Waals surface area contributed by atoms with Crippen molar-refractivity contribution in [2.24, 2.45) is 23.3 Å². The van der Waals surface area contributed by atoms with E-state index in [0.717, 1.165) is 20.0 Å². The van der Waals surface area contributed by atoms with Gasteiger partial charge in [0.05, 0.1) is 77.0 Å². The van der Waals surface area contributed by atoms with E-state index in [1.165, 1.54) is 36.7 Å². The molecule has 2 fully saturated rings. The van der Waals surface area contributed by atoms with Gasteiger partial charge in [-0.2, -0.15) is 10.2 Å². The van der Waals surface area contributed by atoms with Crippen LogP contribution in [-0.2, 0) is 9.59 Å². The molecule has 0 bridgehead atoms. The predicted molar refractivity (Wildman–Crippen MR) is 271 cm³/mol. The zero-order valence-electron chi connectivity index (χ0n) is 40.8. The van der Waals surface area contributed by atoms with Crippen molar-refractivity contribution < 1.29 is 37.9 Å². The summed E-state index contributed by atoms with van der Waals surface area (Å²) in [5, 5.41) is 26.4. The summed E-state index contributed by atoms with van der Waals surface area (Å²) in [7, 11) is 1.00. The summed E-state index contributed by atoms with van der Waals surface area (Å²) in [6.45, 7) is 5.31. The van der Waals surface area contributed by atoms with E-state index in [-0.39, 0.29) is 71.6 Å². The minimum Gasteiger partial charge on any atom is -0.400 e. The number of hydrogen-bond donors (Lipinski definition) is 6. The van der Waals surface area contributed by atoms with Crippen molar-refractivity contribution in [2.45, 2.75) is 76.5 Å². The van der Waals surface area contributed by atoms with Crippen molar-refractivity contribution in [3.8, 4) is 11.4 Å². The first-order chi connectivity index (χ1) is 35.3. The predicted octanol–water partition coefficient (Wildman–Crippen LogP) is 5.05. The van der Waals surface area contributed by atoms with Gasteiger partial charge in [-0.05, 0) is 112 Å². The molecule has 0 radical (unpaired) electrons. The van der Waals surface area contributed by atoms with Crippen molar-refractivity contribution in [3.05, 3.63) is 144 Å². The Bertz CT molecular complexity index is 3020. The number of carbonyl (C=O) groups excluding carboxylic acids is 5. The van der Waals surface area contributed by atoms with Crippen LogP contribution in [-0.4, -0.2) is 120 Å². The number of nitrogens with one attached hydrogen (secondary N) is 3. The van der Waals surface area contributed by atoms with Gasteiger partial charge in [0.15, 0.2) is 5.78 Å². The van der Waals surface area contributed by atoms with Gasteiger partial charge in [-0.1, -0.05) is 44.2 Å². The standard InChI is InChI=1S/C30H31FN6O3.C22H25FN6O2.CH4O/c1-2-25(20-12-13-36(26(14-20)29(32)39)18-28(38)19-6-4-3-5-7-19)35-30(40)24-15-33-17-27-23(24)16-34-37(27)22-10-8-21(31)9-11-22;1-2-18(13-7-8-26-19(9-13)21(24)30)28-22(31)17-10-25-12-20-16(17)11-27-29(20)15-5-3-14(23)4-6-15;1-2/h3-11,15-17,20,25-26H,2,12-14,18H2,1H3,(H2,32,39)(H,35,40);3-6,10-13,18-19,26H,2,7-9H2,1H3,(H2,24,30)(H,28,31);2H,1H3/t20?,25-,26?;13?,18-,19?;/m00./s1. The van der Waals surface area contributed by atoms with E-state index in [1.807, 2.05) is 36.9 Å². The average Bonchev–Trinajstić information content (AvgIpc) is 4.06. The SMILES string of the molecule is CC[C@H](NC(=O)c1cncc2c1cnn2-c1ccc(F)cc1)C1CCN(CC(=O)c2ccccc2)C(C(N)=O)C1.CC[C@H](NC(=O)c1cncc2c1cnn2-c1ccc(F)cc1)C1CCNC(C(N)=O)C1.CO. The number of amides is 4.